The third-order valence-electron chi connectivity index (χ3n) is 7.28. The Morgan fingerprint density at radius 2 is 1.84 bits per heavy atom. The quantitative estimate of drug-likeness (QED) is 0.575. The number of aromatic nitrogens is 2. The van der Waals surface area contributed by atoms with E-state index in [2.05, 4.69) is 72.7 Å². The van der Waals surface area contributed by atoms with Crippen LogP contribution in [0.3, 0.4) is 0 Å². The zero-order valence-corrected chi connectivity index (χ0v) is 19.3. The van der Waals surface area contributed by atoms with Gasteiger partial charge in [-0.25, -0.2) is 4.98 Å². The number of nitrogens with zero attached hydrogens (tertiary/aromatic N) is 3. The van der Waals surface area contributed by atoms with Crippen LogP contribution in [0.25, 0.3) is 11.0 Å². The first-order chi connectivity index (χ1) is 15.0. The molecule has 1 aliphatic heterocycles. The summed E-state index contributed by atoms with van der Waals surface area (Å²) >= 11 is 0. The molecule has 3 aromatic rings. The lowest BCUT2D eigenvalue weighted by Crippen LogP contribution is -2.47. The minimum absolute atomic E-state index is 0.189. The van der Waals surface area contributed by atoms with E-state index in [1.165, 1.54) is 36.3 Å². The summed E-state index contributed by atoms with van der Waals surface area (Å²) in [6, 6.07) is 16.0. The van der Waals surface area contributed by atoms with Gasteiger partial charge in [-0.05, 0) is 60.9 Å². The van der Waals surface area contributed by atoms with E-state index in [0.29, 0.717) is 12.0 Å². The molecule has 1 aromatic heterocycles. The monoisotopic (exact) mass is 417 g/mol. The predicted molar refractivity (Wildman–Crippen MR) is 127 cm³/mol. The van der Waals surface area contributed by atoms with Crippen LogP contribution in [0, 0.1) is 12.8 Å². The number of hydrogen-bond donors (Lipinski definition) is 0. The predicted octanol–water partition coefficient (Wildman–Crippen LogP) is 5.14. The number of likely N-dealkylation sites (tertiary alicyclic amines) is 1. The molecular weight excluding hydrogens is 382 g/mol. The minimum atomic E-state index is 0.189. The third-order valence-corrected chi connectivity index (χ3v) is 7.28. The van der Waals surface area contributed by atoms with Crippen LogP contribution >= 0.6 is 0 Å². The van der Waals surface area contributed by atoms with E-state index in [-0.39, 0.29) is 6.10 Å². The molecule has 0 radical (unpaired) electrons. The summed E-state index contributed by atoms with van der Waals surface area (Å²) in [5, 5.41) is 0. The molecule has 0 unspecified atom stereocenters. The van der Waals surface area contributed by atoms with Gasteiger partial charge in [0.25, 0.3) is 0 Å². The van der Waals surface area contributed by atoms with E-state index in [1.807, 2.05) is 7.11 Å². The van der Waals surface area contributed by atoms with Crippen molar-refractivity contribution in [1.82, 2.24) is 14.5 Å². The van der Waals surface area contributed by atoms with Crippen LogP contribution in [0.1, 0.15) is 54.7 Å². The molecule has 2 atom stereocenters. The summed E-state index contributed by atoms with van der Waals surface area (Å²) in [6.07, 6.45) is 3.74. The highest BCUT2D eigenvalue weighted by atomic mass is 16.5. The van der Waals surface area contributed by atoms with E-state index in [1.54, 1.807) is 11.1 Å². The van der Waals surface area contributed by atoms with Crippen molar-refractivity contribution < 1.29 is 4.74 Å². The summed E-state index contributed by atoms with van der Waals surface area (Å²) in [4.78, 5) is 7.67. The van der Waals surface area contributed by atoms with Gasteiger partial charge in [0.2, 0.25) is 0 Å². The van der Waals surface area contributed by atoms with Crippen molar-refractivity contribution in [2.75, 3.05) is 26.7 Å². The highest BCUT2D eigenvalue weighted by molar-refractivity contribution is 5.77. The van der Waals surface area contributed by atoms with Crippen LogP contribution in [0.5, 0.6) is 0 Å². The first-order valence-electron chi connectivity index (χ1n) is 11.8. The van der Waals surface area contributed by atoms with Gasteiger partial charge >= 0.3 is 0 Å². The van der Waals surface area contributed by atoms with Crippen molar-refractivity contribution in [2.45, 2.75) is 58.1 Å². The van der Waals surface area contributed by atoms with Gasteiger partial charge < -0.3 is 14.2 Å². The number of ether oxygens (including phenoxy) is 1. The lowest BCUT2D eigenvalue weighted by Gasteiger charge is -2.40. The van der Waals surface area contributed by atoms with E-state index in [9.17, 15) is 0 Å². The molecule has 2 aromatic carbocycles. The Morgan fingerprint density at radius 1 is 1.10 bits per heavy atom. The van der Waals surface area contributed by atoms with Crippen LogP contribution < -0.4 is 0 Å². The van der Waals surface area contributed by atoms with Crippen molar-refractivity contribution in [3.63, 3.8) is 0 Å². The van der Waals surface area contributed by atoms with Crippen LogP contribution in [0.2, 0.25) is 0 Å². The molecule has 0 bridgehead atoms. The number of fused-ring (bicyclic) bond motifs is 2. The normalized spacial score (nSPS) is 22.5. The molecule has 1 saturated heterocycles. The second kappa shape index (κ2) is 8.40. The van der Waals surface area contributed by atoms with Crippen molar-refractivity contribution >= 4 is 11.0 Å². The summed E-state index contributed by atoms with van der Waals surface area (Å²) < 4.78 is 8.60. The SMILES string of the molecule is CO[C@@H]1CN(CC2Cc3ccccc3C2)CC[C@H]1n1c(C(C)C)nc2cc(C)ccc21. The van der Waals surface area contributed by atoms with Gasteiger partial charge in [-0.2, -0.15) is 0 Å². The summed E-state index contributed by atoms with van der Waals surface area (Å²) in [5.41, 5.74) is 6.73. The fraction of sp³-hybridized carbons (Fsp3) is 0.519. The maximum atomic E-state index is 6.10. The van der Waals surface area contributed by atoms with Crippen LogP contribution in [0.4, 0.5) is 0 Å². The Morgan fingerprint density at radius 3 is 2.52 bits per heavy atom. The van der Waals surface area contributed by atoms with Crippen molar-refractivity contribution in [2.24, 2.45) is 5.92 Å². The molecule has 0 saturated carbocycles. The molecule has 5 rings (SSSR count). The van der Waals surface area contributed by atoms with Crippen molar-refractivity contribution in [3.8, 4) is 0 Å². The average Bonchev–Trinajstić information content (AvgIpc) is 3.34. The largest absolute Gasteiger partial charge is 0.378 e. The Hall–Kier alpha value is -2.17. The highest BCUT2D eigenvalue weighted by Gasteiger charge is 2.35. The van der Waals surface area contributed by atoms with E-state index >= 15 is 0 Å². The maximum absolute atomic E-state index is 6.10. The molecule has 2 heterocycles. The van der Waals surface area contributed by atoms with Gasteiger partial charge in [-0.15, -0.1) is 0 Å². The molecule has 1 fully saturated rings. The molecule has 164 valence electrons. The molecule has 4 heteroatoms. The van der Waals surface area contributed by atoms with Gasteiger partial charge in [0, 0.05) is 32.7 Å². The molecule has 0 N–H and O–H groups in total. The molecular formula is C27H35N3O. The van der Waals surface area contributed by atoms with Gasteiger partial charge in [-0.3, -0.25) is 0 Å². The number of piperidine rings is 1. The lowest BCUT2D eigenvalue weighted by molar-refractivity contribution is -0.00966. The molecule has 2 aliphatic rings. The van der Waals surface area contributed by atoms with Crippen LogP contribution in [-0.2, 0) is 17.6 Å². The van der Waals surface area contributed by atoms with Gasteiger partial charge in [0.05, 0.1) is 23.2 Å². The number of methoxy groups -OCH3 is 1. The summed E-state index contributed by atoms with van der Waals surface area (Å²) in [5.74, 6) is 2.31. The smallest absolute Gasteiger partial charge is 0.112 e. The Balaban J connectivity index is 1.35. The number of hydrogen-bond acceptors (Lipinski definition) is 3. The van der Waals surface area contributed by atoms with Crippen molar-refractivity contribution in [3.05, 3.63) is 65.0 Å². The van der Waals surface area contributed by atoms with E-state index < -0.39 is 0 Å². The van der Waals surface area contributed by atoms with E-state index in [0.717, 1.165) is 30.9 Å². The number of aryl methyl sites for hydroxylation is 1. The minimum Gasteiger partial charge on any atom is -0.378 e. The fourth-order valence-electron chi connectivity index (χ4n) is 5.79. The van der Waals surface area contributed by atoms with E-state index in [4.69, 9.17) is 9.72 Å². The Kier molecular flexibility index (Phi) is 5.61. The van der Waals surface area contributed by atoms with Crippen LogP contribution in [-0.4, -0.2) is 47.3 Å². The van der Waals surface area contributed by atoms with Gasteiger partial charge in [0.1, 0.15) is 5.82 Å². The maximum Gasteiger partial charge on any atom is 0.112 e. The van der Waals surface area contributed by atoms with Gasteiger partial charge in [0.15, 0.2) is 0 Å². The molecule has 1 aliphatic carbocycles. The molecule has 31 heavy (non-hydrogen) atoms. The standard InChI is InChI=1S/C27H35N3O/c1-18(2)27-28-23-13-19(3)9-10-24(23)30(27)25-11-12-29(17-26(25)31-4)16-20-14-21-7-5-6-8-22(21)15-20/h5-10,13,18,20,25-26H,11-12,14-17H2,1-4H3/t25-,26-/m1/s1. The molecule has 4 nitrogen and oxygen atoms in total. The molecule has 0 spiro atoms. The Labute approximate surface area is 186 Å². The second-order valence-corrected chi connectivity index (χ2v) is 9.92. The summed E-state index contributed by atoms with van der Waals surface area (Å²) in [6.45, 7) is 9.93. The lowest BCUT2D eigenvalue weighted by atomic mass is 9.97. The topological polar surface area (TPSA) is 30.3 Å². The zero-order chi connectivity index (χ0) is 21.5. The average molecular weight is 418 g/mol. The first-order valence-corrected chi connectivity index (χ1v) is 11.8. The van der Waals surface area contributed by atoms with Gasteiger partial charge in [-0.1, -0.05) is 44.2 Å². The second-order valence-electron chi connectivity index (χ2n) is 9.92. The first kappa shape index (κ1) is 20.7. The van der Waals surface area contributed by atoms with Crippen molar-refractivity contribution in [1.29, 1.82) is 0 Å². The fourth-order valence-corrected chi connectivity index (χ4v) is 5.79. The van der Waals surface area contributed by atoms with Crippen LogP contribution in [0.15, 0.2) is 42.5 Å². The third kappa shape index (κ3) is 3.92. The summed E-state index contributed by atoms with van der Waals surface area (Å²) in [7, 11) is 1.88. The highest BCUT2D eigenvalue weighted by Crippen LogP contribution is 2.34. The number of rotatable bonds is 5. The number of imidazole rings is 1. The number of benzene rings is 2. The molecule has 0 amide bonds. The Bertz CT molecular complexity index is 1040. The zero-order valence-electron chi connectivity index (χ0n) is 19.3.